The van der Waals surface area contributed by atoms with Crippen LogP contribution in [0.4, 0.5) is 5.82 Å². The highest BCUT2D eigenvalue weighted by molar-refractivity contribution is 9.10. The highest BCUT2D eigenvalue weighted by Crippen LogP contribution is 2.28. The van der Waals surface area contributed by atoms with E-state index in [0.29, 0.717) is 0 Å². The van der Waals surface area contributed by atoms with Crippen LogP contribution in [-0.2, 0) is 4.74 Å². The number of anilines is 1. The van der Waals surface area contributed by atoms with E-state index in [0.717, 1.165) is 42.1 Å². The molecule has 94 valence electrons. The van der Waals surface area contributed by atoms with Gasteiger partial charge in [-0.25, -0.2) is 4.98 Å². The molecule has 1 fully saturated rings. The lowest BCUT2D eigenvalue weighted by molar-refractivity contribution is 0.122. The van der Waals surface area contributed by atoms with Crippen LogP contribution >= 0.6 is 15.9 Å². The second kappa shape index (κ2) is 4.86. The van der Waals surface area contributed by atoms with Crippen LogP contribution in [0.2, 0.25) is 0 Å². The summed E-state index contributed by atoms with van der Waals surface area (Å²) in [5, 5.41) is 1.21. The first-order chi connectivity index (χ1) is 8.75. The van der Waals surface area contributed by atoms with Gasteiger partial charge in [-0.2, -0.15) is 0 Å². The maximum absolute atomic E-state index is 5.38. The summed E-state index contributed by atoms with van der Waals surface area (Å²) in [5.74, 6) is 1.05. The fourth-order valence-corrected chi connectivity index (χ4v) is 2.77. The predicted octanol–water partition coefficient (Wildman–Crippen LogP) is 3.14. The lowest BCUT2D eigenvalue weighted by atomic mass is 10.1. The first-order valence-corrected chi connectivity index (χ1v) is 6.93. The normalized spacial score (nSPS) is 16.2. The highest BCUT2D eigenvalue weighted by Gasteiger charge is 2.14. The zero-order chi connectivity index (χ0) is 12.5. The van der Waals surface area contributed by atoms with E-state index in [1.807, 2.05) is 6.07 Å². The van der Waals surface area contributed by atoms with E-state index in [1.54, 1.807) is 0 Å². The summed E-state index contributed by atoms with van der Waals surface area (Å²) in [6.07, 6.45) is 0. The Morgan fingerprint density at radius 1 is 1.28 bits per heavy atom. The van der Waals surface area contributed by atoms with Crippen molar-refractivity contribution in [2.75, 3.05) is 31.2 Å². The summed E-state index contributed by atoms with van der Waals surface area (Å²) in [6.45, 7) is 5.55. The number of ether oxygens (including phenoxy) is 1. The average molecular weight is 307 g/mol. The van der Waals surface area contributed by atoms with E-state index < -0.39 is 0 Å². The Morgan fingerprint density at radius 2 is 2.06 bits per heavy atom. The fourth-order valence-electron chi connectivity index (χ4n) is 2.32. The van der Waals surface area contributed by atoms with E-state index in [2.05, 4.69) is 46.0 Å². The Morgan fingerprint density at radius 3 is 2.83 bits per heavy atom. The molecule has 3 rings (SSSR count). The van der Waals surface area contributed by atoms with Gasteiger partial charge in [0.25, 0.3) is 0 Å². The molecule has 0 atom stereocenters. The molecule has 0 aliphatic carbocycles. The molecule has 1 aromatic heterocycles. The summed E-state index contributed by atoms with van der Waals surface area (Å²) >= 11 is 3.58. The Kier molecular flexibility index (Phi) is 3.22. The number of nitrogens with zero attached hydrogens (tertiary/aromatic N) is 2. The Balaban J connectivity index is 2.11. The van der Waals surface area contributed by atoms with E-state index >= 15 is 0 Å². The lowest BCUT2D eigenvalue weighted by Gasteiger charge is -2.28. The third kappa shape index (κ3) is 2.10. The molecule has 1 aromatic carbocycles. The van der Waals surface area contributed by atoms with E-state index in [-0.39, 0.29) is 0 Å². The molecule has 1 aliphatic rings. The quantitative estimate of drug-likeness (QED) is 0.809. The third-order valence-electron chi connectivity index (χ3n) is 3.32. The number of rotatable bonds is 1. The summed E-state index contributed by atoms with van der Waals surface area (Å²) in [7, 11) is 0. The molecule has 1 saturated heterocycles. The van der Waals surface area contributed by atoms with Gasteiger partial charge in [-0.05, 0) is 40.5 Å². The van der Waals surface area contributed by atoms with Gasteiger partial charge in [0.1, 0.15) is 5.82 Å². The monoisotopic (exact) mass is 306 g/mol. The summed E-state index contributed by atoms with van der Waals surface area (Å²) < 4.78 is 6.44. The Labute approximate surface area is 115 Å². The molecule has 3 nitrogen and oxygen atoms in total. The zero-order valence-electron chi connectivity index (χ0n) is 10.3. The molecular weight excluding hydrogens is 292 g/mol. The van der Waals surface area contributed by atoms with Gasteiger partial charge in [-0.15, -0.1) is 0 Å². The molecule has 0 spiro atoms. The molecule has 0 radical (unpaired) electrons. The first-order valence-electron chi connectivity index (χ1n) is 6.14. The molecule has 0 bridgehead atoms. The van der Waals surface area contributed by atoms with Gasteiger partial charge in [0.05, 0.1) is 18.7 Å². The molecule has 0 unspecified atom stereocenters. The lowest BCUT2D eigenvalue weighted by Crippen LogP contribution is -2.36. The number of morpholine rings is 1. The van der Waals surface area contributed by atoms with Gasteiger partial charge in [-0.3, -0.25) is 0 Å². The minimum Gasteiger partial charge on any atom is -0.378 e. The Hall–Kier alpha value is -1.13. The molecule has 2 heterocycles. The molecule has 4 heteroatoms. The maximum atomic E-state index is 5.38. The van der Waals surface area contributed by atoms with Crippen LogP contribution in [-0.4, -0.2) is 31.3 Å². The van der Waals surface area contributed by atoms with Crippen LogP contribution in [0.3, 0.4) is 0 Å². The summed E-state index contributed by atoms with van der Waals surface area (Å²) in [4.78, 5) is 7.07. The number of aryl methyl sites for hydroxylation is 1. The van der Waals surface area contributed by atoms with Crippen molar-refractivity contribution in [2.45, 2.75) is 6.92 Å². The second-order valence-corrected chi connectivity index (χ2v) is 5.39. The second-order valence-electron chi connectivity index (χ2n) is 4.53. The summed E-state index contributed by atoms with van der Waals surface area (Å²) in [6, 6.07) is 8.37. The number of aromatic nitrogens is 1. The number of fused-ring (bicyclic) bond motifs is 1. The van der Waals surface area contributed by atoms with E-state index in [1.165, 1.54) is 10.9 Å². The number of para-hydroxylation sites is 1. The highest BCUT2D eigenvalue weighted by atomic mass is 79.9. The topological polar surface area (TPSA) is 25.4 Å². The number of hydrogen-bond acceptors (Lipinski definition) is 3. The fraction of sp³-hybridized carbons (Fsp3) is 0.357. The molecule has 2 aromatic rings. The molecule has 1 aliphatic heterocycles. The molecule has 0 N–H and O–H groups in total. The first kappa shape index (κ1) is 11.9. The van der Waals surface area contributed by atoms with Gasteiger partial charge in [0.15, 0.2) is 0 Å². The minimum atomic E-state index is 0.786. The van der Waals surface area contributed by atoms with Crippen molar-refractivity contribution in [1.29, 1.82) is 0 Å². The van der Waals surface area contributed by atoms with Crippen LogP contribution in [0.15, 0.2) is 28.7 Å². The molecular formula is C14H15BrN2O. The Bertz CT molecular complexity index is 579. The predicted molar refractivity (Wildman–Crippen MR) is 77.2 cm³/mol. The number of benzene rings is 1. The van der Waals surface area contributed by atoms with Crippen molar-refractivity contribution >= 4 is 32.7 Å². The van der Waals surface area contributed by atoms with Crippen molar-refractivity contribution < 1.29 is 4.74 Å². The van der Waals surface area contributed by atoms with Crippen LogP contribution in [0.25, 0.3) is 10.9 Å². The molecule has 0 saturated carbocycles. The van der Waals surface area contributed by atoms with Gasteiger partial charge in [-0.1, -0.05) is 12.1 Å². The van der Waals surface area contributed by atoms with Crippen molar-refractivity contribution in [3.63, 3.8) is 0 Å². The summed E-state index contributed by atoms with van der Waals surface area (Å²) in [5.41, 5.74) is 2.31. The maximum Gasteiger partial charge on any atom is 0.129 e. The van der Waals surface area contributed by atoms with Crippen LogP contribution < -0.4 is 4.90 Å². The number of halogens is 1. The van der Waals surface area contributed by atoms with Gasteiger partial charge >= 0.3 is 0 Å². The van der Waals surface area contributed by atoms with Crippen LogP contribution in [0.5, 0.6) is 0 Å². The van der Waals surface area contributed by atoms with E-state index in [9.17, 15) is 0 Å². The van der Waals surface area contributed by atoms with Gasteiger partial charge in [0, 0.05) is 22.9 Å². The van der Waals surface area contributed by atoms with Gasteiger partial charge < -0.3 is 9.64 Å². The molecule has 0 amide bonds. The van der Waals surface area contributed by atoms with Crippen molar-refractivity contribution in [3.05, 3.63) is 34.3 Å². The van der Waals surface area contributed by atoms with Crippen molar-refractivity contribution in [3.8, 4) is 0 Å². The van der Waals surface area contributed by atoms with E-state index in [4.69, 9.17) is 9.72 Å². The standard InChI is InChI=1S/C14H15BrN2O/c1-10-9-13(17-5-7-18-8-6-17)16-14-11(10)3-2-4-12(14)15/h2-4,9H,5-8H2,1H3. The molecule has 18 heavy (non-hydrogen) atoms. The van der Waals surface area contributed by atoms with Crippen LogP contribution in [0, 0.1) is 6.92 Å². The average Bonchev–Trinajstić information content (AvgIpc) is 2.41. The number of hydrogen-bond donors (Lipinski definition) is 0. The van der Waals surface area contributed by atoms with Gasteiger partial charge in [0.2, 0.25) is 0 Å². The largest absolute Gasteiger partial charge is 0.378 e. The SMILES string of the molecule is Cc1cc(N2CCOCC2)nc2c(Br)cccc12. The van der Waals surface area contributed by atoms with Crippen molar-refractivity contribution in [2.24, 2.45) is 0 Å². The minimum absolute atomic E-state index is 0.786. The van der Waals surface area contributed by atoms with Crippen LogP contribution in [0.1, 0.15) is 5.56 Å². The zero-order valence-corrected chi connectivity index (χ0v) is 11.9. The third-order valence-corrected chi connectivity index (χ3v) is 3.96. The smallest absolute Gasteiger partial charge is 0.129 e. The van der Waals surface area contributed by atoms with Crippen molar-refractivity contribution in [1.82, 2.24) is 4.98 Å². The number of pyridine rings is 1.